The number of sulfone groups is 1. The summed E-state index contributed by atoms with van der Waals surface area (Å²) in [5, 5.41) is 0.475. The second-order valence-corrected chi connectivity index (χ2v) is 7.43. The topological polar surface area (TPSA) is 54.5 Å². The molecule has 0 aliphatic carbocycles. The van der Waals surface area contributed by atoms with Crippen LogP contribution in [0.4, 0.5) is 0 Å². The molecule has 0 N–H and O–H groups in total. The minimum absolute atomic E-state index is 0.144. The highest BCUT2D eigenvalue weighted by Gasteiger charge is 2.23. The van der Waals surface area contributed by atoms with E-state index in [1.165, 1.54) is 24.3 Å². The van der Waals surface area contributed by atoms with Gasteiger partial charge in [0.25, 0.3) is 0 Å². The molecule has 0 atom stereocenters. The smallest absolute Gasteiger partial charge is 0.238 e. The molecule has 2 rings (SSSR count). The molecule has 0 spiro atoms. The lowest BCUT2D eigenvalue weighted by molar-refractivity contribution is -0.128. The van der Waals surface area contributed by atoms with Crippen LogP contribution in [0.25, 0.3) is 0 Å². The van der Waals surface area contributed by atoms with Crippen molar-refractivity contribution in [2.24, 2.45) is 0 Å². The Kier molecular flexibility index (Phi) is 5.05. The number of hydrogen-bond acceptors (Lipinski definition) is 3. The predicted octanol–water partition coefficient (Wildman–Crippen LogP) is 2.52. The largest absolute Gasteiger partial charge is 0.342 e. The lowest BCUT2D eigenvalue weighted by atomic mass is 10.2. The van der Waals surface area contributed by atoms with Crippen molar-refractivity contribution in [3.8, 4) is 0 Å². The second kappa shape index (κ2) is 6.59. The van der Waals surface area contributed by atoms with E-state index in [1.807, 2.05) is 0 Å². The molecule has 0 aromatic heterocycles. The summed E-state index contributed by atoms with van der Waals surface area (Å²) in [6.45, 7) is 1.32. The van der Waals surface area contributed by atoms with E-state index in [-0.39, 0.29) is 10.8 Å². The lowest BCUT2D eigenvalue weighted by Crippen LogP contribution is -2.36. The van der Waals surface area contributed by atoms with Gasteiger partial charge in [-0.2, -0.15) is 0 Å². The third-order valence-corrected chi connectivity index (χ3v) is 5.31. The average Bonchev–Trinajstić information content (AvgIpc) is 2.67. The Morgan fingerprint density at radius 1 is 1.05 bits per heavy atom. The maximum atomic E-state index is 12.2. The van der Waals surface area contributed by atoms with E-state index in [4.69, 9.17) is 11.6 Å². The third-order valence-electron chi connectivity index (χ3n) is 3.45. The lowest BCUT2D eigenvalue weighted by Gasteiger charge is -2.20. The van der Waals surface area contributed by atoms with Crippen molar-refractivity contribution >= 4 is 27.3 Å². The molecule has 6 heteroatoms. The molecule has 1 aliphatic rings. The van der Waals surface area contributed by atoms with Gasteiger partial charge in [0.1, 0.15) is 5.75 Å². The van der Waals surface area contributed by atoms with Crippen LogP contribution in [-0.2, 0) is 14.6 Å². The molecule has 110 valence electrons. The molecular formula is C14H18ClNO3S. The normalized spacial score (nSPS) is 16.8. The maximum Gasteiger partial charge on any atom is 0.238 e. The van der Waals surface area contributed by atoms with E-state index >= 15 is 0 Å². The fraction of sp³-hybridized carbons (Fsp3) is 0.500. The summed E-state index contributed by atoms with van der Waals surface area (Å²) in [7, 11) is -3.59. The van der Waals surface area contributed by atoms with Crippen LogP contribution in [-0.4, -0.2) is 38.1 Å². The fourth-order valence-corrected chi connectivity index (χ4v) is 3.65. The summed E-state index contributed by atoms with van der Waals surface area (Å²) >= 11 is 5.74. The number of nitrogens with zero attached hydrogens (tertiary/aromatic N) is 1. The van der Waals surface area contributed by atoms with Gasteiger partial charge in [0.05, 0.1) is 4.90 Å². The summed E-state index contributed by atoms with van der Waals surface area (Å²) in [6, 6.07) is 5.91. The van der Waals surface area contributed by atoms with E-state index in [0.29, 0.717) is 18.1 Å². The fourth-order valence-electron chi connectivity index (χ4n) is 2.30. The van der Waals surface area contributed by atoms with Crippen LogP contribution < -0.4 is 0 Å². The first-order valence-corrected chi connectivity index (χ1v) is 8.78. The van der Waals surface area contributed by atoms with Gasteiger partial charge in [-0.05, 0) is 37.1 Å². The van der Waals surface area contributed by atoms with Crippen LogP contribution in [0.15, 0.2) is 29.2 Å². The van der Waals surface area contributed by atoms with Gasteiger partial charge < -0.3 is 4.90 Å². The number of carbonyl (C=O) groups excluding carboxylic acids is 1. The number of carbonyl (C=O) groups is 1. The number of hydrogen-bond donors (Lipinski definition) is 0. The van der Waals surface area contributed by atoms with Gasteiger partial charge in [0.2, 0.25) is 5.91 Å². The highest BCUT2D eigenvalue weighted by atomic mass is 35.5. The van der Waals surface area contributed by atoms with E-state index < -0.39 is 15.6 Å². The minimum atomic E-state index is -3.59. The Morgan fingerprint density at radius 2 is 1.60 bits per heavy atom. The minimum Gasteiger partial charge on any atom is -0.342 e. The maximum absolute atomic E-state index is 12.2. The number of likely N-dealkylation sites (tertiary alicyclic amines) is 1. The Morgan fingerprint density at radius 3 is 2.15 bits per heavy atom. The molecule has 4 nitrogen and oxygen atoms in total. The monoisotopic (exact) mass is 315 g/mol. The molecule has 0 unspecified atom stereocenters. The predicted molar refractivity (Wildman–Crippen MR) is 78.6 cm³/mol. The van der Waals surface area contributed by atoms with Gasteiger partial charge in [-0.1, -0.05) is 24.4 Å². The van der Waals surface area contributed by atoms with E-state index in [1.54, 1.807) is 4.90 Å². The first-order chi connectivity index (χ1) is 9.49. The van der Waals surface area contributed by atoms with Crippen molar-refractivity contribution in [1.29, 1.82) is 0 Å². The summed E-state index contributed by atoms with van der Waals surface area (Å²) in [5.41, 5.74) is 0. The number of amides is 1. The number of rotatable bonds is 3. The van der Waals surface area contributed by atoms with Gasteiger partial charge >= 0.3 is 0 Å². The van der Waals surface area contributed by atoms with Crippen LogP contribution in [0.5, 0.6) is 0 Å². The van der Waals surface area contributed by atoms with Crippen LogP contribution in [0.2, 0.25) is 5.02 Å². The molecule has 0 radical (unpaired) electrons. The van der Waals surface area contributed by atoms with Crippen molar-refractivity contribution < 1.29 is 13.2 Å². The summed E-state index contributed by atoms with van der Waals surface area (Å²) in [6.07, 6.45) is 4.11. The van der Waals surface area contributed by atoms with Crippen LogP contribution in [0.1, 0.15) is 25.7 Å². The molecule has 1 saturated heterocycles. The zero-order valence-corrected chi connectivity index (χ0v) is 12.8. The van der Waals surface area contributed by atoms with Crippen molar-refractivity contribution in [2.75, 3.05) is 18.8 Å². The van der Waals surface area contributed by atoms with Crippen molar-refractivity contribution in [3.63, 3.8) is 0 Å². The Labute approximate surface area is 124 Å². The van der Waals surface area contributed by atoms with Gasteiger partial charge in [-0.3, -0.25) is 4.79 Å². The molecule has 1 fully saturated rings. The van der Waals surface area contributed by atoms with Crippen molar-refractivity contribution in [2.45, 2.75) is 30.6 Å². The molecule has 0 bridgehead atoms. The summed E-state index contributed by atoms with van der Waals surface area (Å²) in [4.78, 5) is 13.9. The summed E-state index contributed by atoms with van der Waals surface area (Å²) in [5.74, 6) is -0.768. The van der Waals surface area contributed by atoms with E-state index in [2.05, 4.69) is 0 Å². The number of halogens is 1. The molecule has 20 heavy (non-hydrogen) atoms. The van der Waals surface area contributed by atoms with Crippen LogP contribution in [0.3, 0.4) is 0 Å². The standard InChI is InChI=1S/C14H18ClNO3S/c15-12-5-7-13(8-6-12)20(18,19)11-14(17)16-9-3-1-2-4-10-16/h5-8H,1-4,9-11H2. The Hall–Kier alpha value is -1.07. The molecule has 1 aromatic carbocycles. The van der Waals surface area contributed by atoms with Gasteiger partial charge in [-0.15, -0.1) is 0 Å². The summed E-state index contributed by atoms with van der Waals surface area (Å²) < 4.78 is 24.4. The molecular weight excluding hydrogens is 298 g/mol. The molecule has 1 aliphatic heterocycles. The van der Waals surface area contributed by atoms with E-state index in [0.717, 1.165) is 25.7 Å². The van der Waals surface area contributed by atoms with Crippen LogP contribution >= 0.6 is 11.6 Å². The van der Waals surface area contributed by atoms with Gasteiger partial charge in [0, 0.05) is 18.1 Å². The number of benzene rings is 1. The second-order valence-electron chi connectivity index (χ2n) is 5.01. The quantitative estimate of drug-likeness (QED) is 0.861. The van der Waals surface area contributed by atoms with Crippen molar-refractivity contribution in [1.82, 2.24) is 4.90 Å². The third kappa shape index (κ3) is 3.96. The highest BCUT2D eigenvalue weighted by Crippen LogP contribution is 2.17. The average molecular weight is 316 g/mol. The van der Waals surface area contributed by atoms with Gasteiger partial charge in [0.15, 0.2) is 9.84 Å². The first kappa shape index (κ1) is 15.3. The highest BCUT2D eigenvalue weighted by molar-refractivity contribution is 7.92. The SMILES string of the molecule is O=C(CS(=O)(=O)c1ccc(Cl)cc1)N1CCCCCC1. The molecule has 0 saturated carbocycles. The zero-order chi connectivity index (χ0) is 14.6. The Balaban J connectivity index is 2.07. The van der Waals surface area contributed by atoms with Crippen LogP contribution in [0, 0.1) is 0 Å². The molecule has 1 heterocycles. The molecule has 1 aromatic rings. The van der Waals surface area contributed by atoms with Crippen molar-refractivity contribution in [3.05, 3.63) is 29.3 Å². The van der Waals surface area contributed by atoms with Gasteiger partial charge in [-0.25, -0.2) is 8.42 Å². The first-order valence-electron chi connectivity index (χ1n) is 6.75. The van der Waals surface area contributed by atoms with E-state index in [9.17, 15) is 13.2 Å². The molecule has 1 amide bonds. The Bertz CT molecular complexity index is 561. The zero-order valence-electron chi connectivity index (χ0n) is 11.2.